The summed E-state index contributed by atoms with van der Waals surface area (Å²) in [6.07, 6.45) is 3.23. The first-order valence-electron chi connectivity index (χ1n) is 9.67. The SMILES string of the molecule is Cc1cnc(NC(=O)CN2C[C@]3(C[C@@H]3F)c3cc(C4(F)CC4)ccc3C2=O)nc1. The number of fused-ring (bicyclic) bond motifs is 2. The van der Waals surface area contributed by atoms with E-state index in [1.165, 1.54) is 4.90 Å². The highest BCUT2D eigenvalue weighted by atomic mass is 19.1. The Kier molecular flexibility index (Phi) is 3.78. The Labute approximate surface area is 166 Å². The molecular weight excluding hydrogens is 378 g/mol. The molecule has 5 rings (SSSR count). The van der Waals surface area contributed by atoms with E-state index >= 15 is 0 Å². The number of nitrogens with one attached hydrogen (secondary N) is 1. The molecule has 8 heteroatoms. The largest absolute Gasteiger partial charge is 0.328 e. The Morgan fingerprint density at radius 2 is 2.00 bits per heavy atom. The van der Waals surface area contributed by atoms with Gasteiger partial charge in [-0.15, -0.1) is 0 Å². The number of aromatic nitrogens is 2. The van der Waals surface area contributed by atoms with Crippen molar-refractivity contribution in [2.45, 2.75) is 43.4 Å². The molecule has 2 saturated carbocycles. The molecule has 0 radical (unpaired) electrons. The van der Waals surface area contributed by atoms with Crippen molar-refractivity contribution in [3.05, 3.63) is 52.8 Å². The zero-order valence-corrected chi connectivity index (χ0v) is 15.9. The van der Waals surface area contributed by atoms with Crippen molar-refractivity contribution in [1.82, 2.24) is 14.9 Å². The number of alkyl halides is 2. The van der Waals surface area contributed by atoms with Gasteiger partial charge in [-0.05, 0) is 48.9 Å². The zero-order chi connectivity index (χ0) is 20.4. The molecule has 0 saturated heterocycles. The van der Waals surface area contributed by atoms with Gasteiger partial charge in [-0.2, -0.15) is 0 Å². The van der Waals surface area contributed by atoms with Crippen molar-refractivity contribution in [3.63, 3.8) is 0 Å². The summed E-state index contributed by atoms with van der Waals surface area (Å²) >= 11 is 0. The minimum Gasteiger partial charge on any atom is -0.328 e. The van der Waals surface area contributed by atoms with Crippen LogP contribution in [0.5, 0.6) is 0 Å². The second-order valence-electron chi connectivity index (χ2n) is 8.35. The number of rotatable bonds is 4. The van der Waals surface area contributed by atoms with E-state index < -0.39 is 23.2 Å². The minimum absolute atomic E-state index is 0.102. The summed E-state index contributed by atoms with van der Waals surface area (Å²) < 4.78 is 28.9. The van der Waals surface area contributed by atoms with Crippen LogP contribution in [0.15, 0.2) is 30.6 Å². The number of halogens is 2. The first-order valence-corrected chi connectivity index (χ1v) is 9.67. The van der Waals surface area contributed by atoms with Crippen molar-refractivity contribution in [3.8, 4) is 0 Å². The quantitative estimate of drug-likeness (QED) is 0.860. The summed E-state index contributed by atoms with van der Waals surface area (Å²) in [4.78, 5) is 34.7. The normalized spacial score (nSPS) is 26.2. The number of aryl methyl sites for hydroxylation is 1. The van der Waals surface area contributed by atoms with Gasteiger partial charge in [0.25, 0.3) is 5.91 Å². The number of nitrogens with zero attached hydrogens (tertiary/aromatic N) is 3. The zero-order valence-electron chi connectivity index (χ0n) is 15.9. The third-order valence-electron chi connectivity index (χ3n) is 6.10. The molecule has 1 spiro atoms. The molecule has 2 aromatic rings. The van der Waals surface area contributed by atoms with Crippen LogP contribution < -0.4 is 5.32 Å². The number of amides is 2. The first-order chi connectivity index (χ1) is 13.8. The molecular formula is C21H20F2N4O2. The summed E-state index contributed by atoms with van der Waals surface area (Å²) in [5, 5.41) is 2.56. The van der Waals surface area contributed by atoms with Gasteiger partial charge in [-0.25, -0.2) is 18.7 Å². The molecule has 2 aliphatic carbocycles. The van der Waals surface area contributed by atoms with Gasteiger partial charge in [0.05, 0.1) is 0 Å². The molecule has 1 aromatic heterocycles. The van der Waals surface area contributed by atoms with Gasteiger partial charge < -0.3 is 4.90 Å². The molecule has 1 N–H and O–H groups in total. The highest BCUT2D eigenvalue weighted by Gasteiger charge is 2.61. The van der Waals surface area contributed by atoms with Gasteiger partial charge in [-0.1, -0.05) is 12.1 Å². The number of carbonyl (C=O) groups is 2. The molecule has 2 atom stereocenters. The Balaban J connectivity index is 1.39. The summed E-state index contributed by atoms with van der Waals surface area (Å²) in [6, 6.07) is 4.85. The number of carbonyl (C=O) groups excluding carboxylic acids is 2. The van der Waals surface area contributed by atoms with Crippen LogP contribution >= 0.6 is 0 Å². The highest BCUT2D eigenvalue weighted by Crippen LogP contribution is 2.57. The van der Waals surface area contributed by atoms with Gasteiger partial charge in [-0.3, -0.25) is 14.9 Å². The summed E-state index contributed by atoms with van der Waals surface area (Å²) in [5.41, 5.74) is 0.121. The van der Waals surface area contributed by atoms with Gasteiger partial charge in [0, 0.05) is 29.9 Å². The number of hydrogen-bond acceptors (Lipinski definition) is 4. The van der Waals surface area contributed by atoms with Gasteiger partial charge >= 0.3 is 0 Å². The number of hydrogen-bond donors (Lipinski definition) is 1. The lowest BCUT2D eigenvalue weighted by Gasteiger charge is -2.34. The maximum atomic E-state index is 14.5. The minimum atomic E-state index is -1.34. The van der Waals surface area contributed by atoms with Gasteiger partial charge in [0.1, 0.15) is 18.4 Å². The second kappa shape index (κ2) is 6.05. The average Bonchev–Trinajstić information content (AvgIpc) is 3.59. The van der Waals surface area contributed by atoms with Crippen LogP contribution in [0.4, 0.5) is 14.7 Å². The average molecular weight is 398 g/mol. The van der Waals surface area contributed by atoms with Crippen molar-refractivity contribution >= 4 is 17.8 Å². The van der Waals surface area contributed by atoms with Crippen LogP contribution in [-0.4, -0.2) is 45.9 Å². The maximum Gasteiger partial charge on any atom is 0.254 e. The van der Waals surface area contributed by atoms with Gasteiger partial charge in [0.15, 0.2) is 0 Å². The van der Waals surface area contributed by atoms with Crippen molar-refractivity contribution in [2.75, 3.05) is 18.4 Å². The van der Waals surface area contributed by atoms with E-state index in [9.17, 15) is 18.4 Å². The Morgan fingerprint density at radius 3 is 2.62 bits per heavy atom. The summed E-state index contributed by atoms with van der Waals surface area (Å²) in [5.74, 6) is -0.647. The number of anilines is 1. The predicted octanol–water partition coefficient (Wildman–Crippen LogP) is 2.82. The van der Waals surface area contributed by atoms with Crippen molar-refractivity contribution < 1.29 is 18.4 Å². The molecule has 3 aliphatic rings. The van der Waals surface area contributed by atoms with Crippen molar-refractivity contribution in [1.29, 1.82) is 0 Å². The molecule has 6 nitrogen and oxygen atoms in total. The molecule has 29 heavy (non-hydrogen) atoms. The fourth-order valence-corrected chi connectivity index (χ4v) is 4.11. The summed E-state index contributed by atoms with van der Waals surface area (Å²) in [7, 11) is 0. The molecule has 2 heterocycles. The van der Waals surface area contributed by atoms with Gasteiger partial charge in [0.2, 0.25) is 11.9 Å². The smallest absolute Gasteiger partial charge is 0.254 e. The Bertz CT molecular complexity index is 1020. The Morgan fingerprint density at radius 1 is 1.31 bits per heavy atom. The topological polar surface area (TPSA) is 75.2 Å². The lowest BCUT2D eigenvalue weighted by atomic mass is 9.84. The van der Waals surface area contributed by atoms with E-state index in [1.807, 2.05) is 6.92 Å². The van der Waals surface area contributed by atoms with Crippen molar-refractivity contribution in [2.24, 2.45) is 0 Å². The molecule has 2 fully saturated rings. The highest BCUT2D eigenvalue weighted by molar-refractivity contribution is 6.01. The monoisotopic (exact) mass is 398 g/mol. The Hall–Kier alpha value is -2.90. The summed E-state index contributed by atoms with van der Waals surface area (Å²) in [6.45, 7) is 1.71. The second-order valence-corrected chi connectivity index (χ2v) is 8.35. The van der Waals surface area contributed by atoms with E-state index in [1.54, 1.807) is 30.6 Å². The lowest BCUT2D eigenvalue weighted by molar-refractivity contribution is -0.117. The predicted molar refractivity (Wildman–Crippen MR) is 101 cm³/mol. The molecule has 1 aromatic carbocycles. The molecule has 150 valence electrons. The van der Waals surface area contributed by atoms with Crippen LogP contribution in [0.1, 0.15) is 46.3 Å². The molecule has 1 aliphatic heterocycles. The third kappa shape index (κ3) is 2.97. The van der Waals surface area contributed by atoms with Crippen LogP contribution in [0.3, 0.4) is 0 Å². The fraction of sp³-hybridized carbons (Fsp3) is 0.429. The van der Waals surface area contributed by atoms with E-state index in [2.05, 4.69) is 15.3 Å². The molecule has 0 bridgehead atoms. The first kappa shape index (κ1) is 18.1. The number of benzene rings is 1. The third-order valence-corrected chi connectivity index (χ3v) is 6.10. The molecule has 2 amide bonds. The van der Waals surface area contributed by atoms with E-state index in [-0.39, 0.29) is 31.4 Å². The van der Waals surface area contributed by atoms with Crippen LogP contribution in [0, 0.1) is 6.92 Å². The standard InChI is InChI=1S/C21H20F2N4O2/c1-12-8-24-19(25-9-12)26-17(28)10-27-11-20(7-16(20)22)15-6-13(21(23)4-5-21)2-3-14(15)18(27)29/h2-3,6,8-9,16H,4-5,7,10-11H2,1H3,(H,24,25,26,28)/t16-,20+/m0/s1. The van der Waals surface area contributed by atoms with E-state index in [0.29, 0.717) is 29.5 Å². The molecule has 0 unspecified atom stereocenters. The van der Waals surface area contributed by atoms with Crippen LogP contribution in [0.25, 0.3) is 0 Å². The van der Waals surface area contributed by atoms with E-state index in [4.69, 9.17) is 0 Å². The lowest BCUT2D eigenvalue weighted by Crippen LogP contribution is -2.47. The van der Waals surface area contributed by atoms with Crippen LogP contribution in [0.2, 0.25) is 0 Å². The van der Waals surface area contributed by atoms with Crippen LogP contribution in [-0.2, 0) is 15.9 Å². The fourth-order valence-electron chi connectivity index (χ4n) is 4.11. The maximum absolute atomic E-state index is 14.5. The van der Waals surface area contributed by atoms with E-state index in [0.717, 1.165) is 5.56 Å².